The number of esters is 1. The van der Waals surface area contributed by atoms with Gasteiger partial charge in [0, 0.05) is 63.7 Å². The Morgan fingerprint density at radius 1 is 1.12 bits per heavy atom. The van der Waals surface area contributed by atoms with Gasteiger partial charge >= 0.3 is 5.97 Å². The molecule has 1 aromatic heterocycles. The molecule has 1 amide bonds. The fraction of sp³-hybridized carbons (Fsp3) is 0.500. The molecule has 1 atom stereocenters. The number of amides is 1. The highest BCUT2D eigenvalue weighted by atomic mass is 16.5. The minimum Gasteiger partial charge on any atom is -0.492 e. The Kier molecular flexibility index (Phi) is 7.67. The van der Waals surface area contributed by atoms with Crippen LogP contribution in [0.3, 0.4) is 0 Å². The normalized spacial score (nSPS) is 18.5. The Hall–Kier alpha value is -3.13. The first kappa shape index (κ1) is 24.0. The van der Waals surface area contributed by atoms with Crippen molar-refractivity contribution >= 4 is 11.9 Å². The van der Waals surface area contributed by atoms with E-state index in [2.05, 4.69) is 29.2 Å². The quantitative estimate of drug-likeness (QED) is 0.553. The fourth-order valence-corrected chi connectivity index (χ4v) is 4.88. The lowest BCUT2D eigenvalue weighted by Crippen LogP contribution is -2.30. The van der Waals surface area contributed by atoms with Crippen LogP contribution in [0, 0.1) is 5.92 Å². The number of aromatic nitrogens is 1. The predicted molar refractivity (Wildman–Crippen MR) is 128 cm³/mol. The zero-order chi connectivity index (χ0) is 24.1. The van der Waals surface area contributed by atoms with Gasteiger partial charge in [-0.1, -0.05) is 30.3 Å². The van der Waals surface area contributed by atoms with Crippen molar-refractivity contribution in [2.45, 2.75) is 32.2 Å². The van der Waals surface area contributed by atoms with Gasteiger partial charge in [0.2, 0.25) is 5.91 Å². The minimum atomic E-state index is -0.504. The average Bonchev–Trinajstić information content (AvgIpc) is 3.02. The number of pyridine rings is 1. The first-order chi connectivity index (χ1) is 16.5. The summed E-state index contributed by atoms with van der Waals surface area (Å²) in [5, 5.41) is 0. The van der Waals surface area contributed by atoms with Crippen LogP contribution in [0.4, 0.5) is 0 Å². The highest BCUT2D eigenvalue weighted by Gasteiger charge is 2.30. The summed E-state index contributed by atoms with van der Waals surface area (Å²) in [4.78, 5) is 41.5. The van der Waals surface area contributed by atoms with E-state index in [1.54, 1.807) is 16.5 Å². The van der Waals surface area contributed by atoms with Crippen molar-refractivity contribution in [1.29, 1.82) is 0 Å². The number of nitrogens with zero attached hydrogens (tertiary/aromatic N) is 3. The summed E-state index contributed by atoms with van der Waals surface area (Å²) in [5.74, 6) is -0.140. The molecule has 0 spiro atoms. The van der Waals surface area contributed by atoms with Gasteiger partial charge in [0.15, 0.2) is 0 Å². The Bertz CT molecular complexity index is 1080. The Balaban J connectivity index is 1.47. The number of likely N-dealkylation sites (tertiary alicyclic amines) is 1. The first-order valence-electron chi connectivity index (χ1n) is 11.9. The molecular weight excluding hydrogens is 434 g/mol. The molecule has 1 fully saturated rings. The summed E-state index contributed by atoms with van der Waals surface area (Å²) >= 11 is 0. The van der Waals surface area contributed by atoms with E-state index in [9.17, 15) is 14.4 Å². The van der Waals surface area contributed by atoms with Gasteiger partial charge < -0.3 is 23.8 Å². The third-order valence-electron chi connectivity index (χ3n) is 6.75. The van der Waals surface area contributed by atoms with Gasteiger partial charge in [-0.2, -0.15) is 0 Å². The number of ether oxygens (including phenoxy) is 2. The second kappa shape index (κ2) is 10.9. The smallest absolute Gasteiger partial charge is 0.343 e. The van der Waals surface area contributed by atoms with E-state index < -0.39 is 5.97 Å². The number of carbonyl (C=O) groups excluding carboxylic acids is 2. The third kappa shape index (κ3) is 5.50. The van der Waals surface area contributed by atoms with Gasteiger partial charge in [-0.05, 0) is 24.9 Å². The molecule has 0 bridgehead atoms. The van der Waals surface area contributed by atoms with Crippen molar-refractivity contribution in [1.82, 2.24) is 14.4 Å². The van der Waals surface area contributed by atoms with E-state index in [-0.39, 0.29) is 29.7 Å². The summed E-state index contributed by atoms with van der Waals surface area (Å²) in [7, 11) is 3.11. The van der Waals surface area contributed by atoms with Crippen LogP contribution in [-0.4, -0.2) is 73.2 Å². The summed E-state index contributed by atoms with van der Waals surface area (Å²) in [6, 6.07) is 11.8. The maximum Gasteiger partial charge on any atom is 0.343 e. The molecule has 8 nitrogen and oxygen atoms in total. The van der Waals surface area contributed by atoms with Crippen LogP contribution in [0.5, 0.6) is 5.75 Å². The molecule has 1 aromatic carbocycles. The van der Waals surface area contributed by atoms with Crippen LogP contribution in [0.1, 0.15) is 34.5 Å². The first-order valence-corrected chi connectivity index (χ1v) is 11.9. The second-order valence-electron chi connectivity index (χ2n) is 9.15. The van der Waals surface area contributed by atoms with Crippen LogP contribution in [0.2, 0.25) is 0 Å². The lowest BCUT2D eigenvalue weighted by atomic mass is 10.1. The van der Waals surface area contributed by atoms with Crippen LogP contribution in [0.15, 0.2) is 41.2 Å². The Morgan fingerprint density at radius 2 is 1.91 bits per heavy atom. The van der Waals surface area contributed by atoms with E-state index >= 15 is 0 Å². The maximum absolute atomic E-state index is 13.0. The van der Waals surface area contributed by atoms with Gasteiger partial charge in [0.1, 0.15) is 11.3 Å². The van der Waals surface area contributed by atoms with Gasteiger partial charge in [-0.25, -0.2) is 4.79 Å². The monoisotopic (exact) mass is 467 g/mol. The number of fused-ring (bicyclic) bond motifs is 1. The molecular formula is C26H33N3O5. The van der Waals surface area contributed by atoms with E-state index in [0.29, 0.717) is 37.2 Å². The molecule has 1 unspecified atom stereocenters. The highest BCUT2D eigenvalue weighted by molar-refractivity contribution is 5.93. The maximum atomic E-state index is 13.0. The van der Waals surface area contributed by atoms with E-state index in [4.69, 9.17) is 9.47 Å². The third-order valence-corrected chi connectivity index (χ3v) is 6.75. The van der Waals surface area contributed by atoms with Crippen LogP contribution < -0.4 is 10.3 Å². The predicted octanol–water partition coefficient (Wildman–Crippen LogP) is 1.98. The van der Waals surface area contributed by atoms with Gasteiger partial charge in [-0.15, -0.1) is 0 Å². The number of carbonyl (C=O) groups is 2. The number of hydrogen-bond donors (Lipinski definition) is 0. The van der Waals surface area contributed by atoms with Gasteiger partial charge in [0.25, 0.3) is 5.56 Å². The summed E-state index contributed by atoms with van der Waals surface area (Å²) < 4.78 is 12.7. The van der Waals surface area contributed by atoms with Crippen molar-refractivity contribution in [3.8, 4) is 5.75 Å². The Labute approximate surface area is 200 Å². The topological polar surface area (TPSA) is 81.1 Å². The number of rotatable bonds is 8. The molecule has 0 aliphatic carbocycles. The van der Waals surface area contributed by atoms with Crippen molar-refractivity contribution in [2.24, 2.45) is 5.92 Å². The van der Waals surface area contributed by atoms with Crippen LogP contribution in [-0.2, 0) is 28.9 Å². The summed E-state index contributed by atoms with van der Waals surface area (Å²) in [5.41, 5.74) is 2.13. The molecule has 182 valence electrons. The molecule has 0 radical (unpaired) electrons. The summed E-state index contributed by atoms with van der Waals surface area (Å²) in [6.07, 6.45) is 3.01. The van der Waals surface area contributed by atoms with Crippen LogP contribution in [0.25, 0.3) is 0 Å². The number of hydrogen-bond acceptors (Lipinski definition) is 6. The van der Waals surface area contributed by atoms with Crippen molar-refractivity contribution in [3.63, 3.8) is 0 Å². The molecule has 2 aromatic rings. The lowest BCUT2D eigenvalue weighted by Gasteiger charge is -2.19. The number of methoxy groups -OCH3 is 1. The van der Waals surface area contributed by atoms with Crippen LogP contribution >= 0.6 is 0 Å². The zero-order valence-corrected chi connectivity index (χ0v) is 20.0. The van der Waals surface area contributed by atoms with Crippen molar-refractivity contribution in [3.05, 3.63) is 63.6 Å². The zero-order valence-electron chi connectivity index (χ0n) is 20.0. The lowest BCUT2D eigenvalue weighted by molar-refractivity contribution is -0.126. The molecule has 3 heterocycles. The number of benzene rings is 1. The van der Waals surface area contributed by atoms with Crippen molar-refractivity contribution < 1.29 is 19.1 Å². The van der Waals surface area contributed by atoms with Gasteiger partial charge in [0.05, 0.1) is 13.7 Å². The summed E-state index contributed by atoms with van der Waals surface area (Å²) in [6.45, 7) is 3.83. The SMILES string of the molecule is COC(=O)c1c(OCC2CC(=O)N(C)C2)cc(=O)n2c1CCN(CCCc1ccccc1)CC2. The van der Waals surface area contributed by atoms with E-state index in [0.717, 1.165) is 32.5 Å². The molecule has 0 saturated carbocycles. The molecule has 2 aliphatic rings. The largest absolute Gasteiger partial charge is 0.492 e. The van der Waals surface area contributed by atoms with E-state index in [1.165, 1.54) is 18.7 Å². The molecule has 2 aliphatic heterocycles. The molecule has 8 heteroatoms. The molecule has 1 saturated heterocycles. The second-order valence-corrected chi connectivity index (χ2v) is 9.15. The van der Waals surface area contributed by atoms with E-state index in [1.807, 2.05) is 6.07 Å². The Morgan fingerprint density at radius 3 is 2.62 bits per heavy atom. The average molecular weight is 468 g/mol. The fourth-order valence-electron chi connectivity index (χ4n) is 4.88. The molecule has 0 N–H and O–H groups in total. The minimum absolute atomic E-state index is 0.0321. The highest BCUT2D eigenvalue weighted by Crippen LogP contribution is 2.26. The van der Waals surface area contributed by atoms with Gasteiger partial charge in [-0.3, -0.25) is 9.59 Å². The molecule has 4 rings (SSSR count). The number of aryl methyl sites for hydroxylation is 1. The molecule has 34 heavy (non-hydrogen) atoms. The standard InChI is InChI=1S/C26H33N3O5/c1-27-17-20(15-23(27)30)18-34-22-16-24(31)29-14-13-28(11-6-9-19-7-4-3-5-8-19)12-10-21(29)25(22)26(32)33-2/h3-5,7-8,16,20H,6,9-15,17-18H2,1-2H3. The van der Waals surface area contributed by atoms with Crippen molar-refractivity contribution in [2.75, 3.05) is 46.9 Å².